The average Bonchev–Trinajstić information content (AvgIpc) is 3.63. The van der Waals surface area contributed by atoms with Crippen molar-refractivity contribution in [2.75, 3.05) is 32.7 Å². The van der Waals surface area contributed by atoms with Gasteiger partial charge in [-0.05, 0) is 51.4 Å². The molecule has 1 saturated heterocycles. The van der Waals surface area contributed by atoms with Gasteiger partial charge in [0, 0.05) is 13.1 Å². The molecule has 0 aliphatic carbocycles. The lowest BCUT2D eigenvalue weighted by Crippen LogP contribution is -2.58. The van der Waals surface area contributed by atoms with Gasteiger partial charge in [0.05, 0.1) is 31.8 Å². The fraction of sp³-hybridized carbons (Fsp3) is 0.706. The molecule has 15 N–H and O–H groups in total. The van der Waals surface area contributed by atoms with Crippen LogP contribution >= 0.6 is 0 Å². The van der Waals surface area contributed by atoms with Crippen molar-refractivity contribution in [3.05, 3.63) is 0 Å². The van der Waals surface area contributed by atoms with E-state index in [1.807, 2.05) is 0 Å². The number of aliphatic imine (C=N–C) groups is 1. The van der Waals surface area contributed by atoms with Gasteiger partial charge in [0.15, 0.2) is 5.96 Å². The zero-order valence-corrected chi connectivity index (χ0v) is 33.3. The maximum absolute atomic E-state index is 13.2. The number of carbonyl (C=O) groups excluding carboxylic acids is 8. The van der Waals surface area contributed by atoms with E-state index in [9.17, 15) is 53.4 Å². The average molecular weight is 813 g/mol. The molecule has 0 spiro atoms. The van der Waals surface area contributed by atoms with Crippen molar-refractivity contribution < 1.29 is 53.4 Å². The van der Waals surface area contributed by atoms with Crippen LogP contribution in [-0.2, 0) is 43.2 Å². The molecule has 0 bridgehead atoms. The Morgan fingerprint density at radius 3 is 1.81 bits per heavy atom. The van der Waals surface area contributed by atoms with Crippen molar-refractivity contribution in [3.8, 4) is 0 Å². The third-order valence-electron chi connectivity index (χ3n) is 8.75. The van der Waals surface area contributed by atoms with E-state index in [0.29, 0.717) is 19.3 Å². The summed E-state index contributed by atoms with van der Waals surface area (Å²) in [6.45, 7) is 7.74. The Labute approximate surface area is 330 Å². The third-order valence-corrected chi connectivity index (χ3v) is 8.75. The fourth-order valence-electron chi connectivity index (χ4n) is 5.52. The molecule has 0 aromatic rings. The number of carboxylic acid groups (broad SMARTS) is 1. The number of nitrogens with one attached hydrogen (secondary N) is 7. The van der Waals surface area contributed by atoms with E-state index < -0.39 is 127 Å². The van der Waals surface area contributed by atoms with Crippen LogP contribution in [0.15, 0.2) is 4.99 Å². The van der Waals surface area contributed by atoms with Gasteiger partial charge in [0.25, 0.3) is 0 Å². The molecule has 57 heavy (non-hydrogen) atoms. The van der Waals surface area contributed by atoms with Crippen LogP contribution in [0.2, 0.25) is 0 Å². The highest BCUT2D eigenvalue weighted by atomic mass is 16.4. The van der Waals surface area contributed by atoms with Crippen LogP contribution < -0.4 is 54.4 Å². The Morgan fingerprint density at radius 2 is 1.26 bits per heavy atom. The fourth-order valence-corrected chi connectivity index (χ4v) is 5.52. The normalized spacial score (nSPS) is 16.8. The van der Waals surface area contributed by atoms with Gasteiger partial charge in [-0.1, -0.05) is 27.7 Å². The van der Waals surface area contributed by atoms with Gasteiger partial charge in [-0.15, -0.1) is 0 Å². The molecule has 0 aromatic heterocycles. The molecule has 8 amide bonds. The smallest absolute Gasteiger partial charge is 0.326 e. The van der Waals surface area contributed by atoms with E-state index in [-0.39, 0.29) is 25.5 Å². The molecular formula is C34H60N12O11. The van der Waals surface area contributed by atoms with Crippen molar-refractivity contribution in [1.29, 1.82) is 0 Å². The van der Waals surface area contributed by atoms with Gasteiger partial charge in [0.1, 0.15) is 30.2 Å². The van der Waals surface area contributed by atoms with Gasteiger partial charge >= 0.3 is 5.97 Å². The Morgan fingerprint density at radius 1 is 0.719 bits per heavy atom. The molecule has 1 aliphatic rings. The van der Waals surface area contributed by atoms with Gasteiger partial charge < -0.3 is 69.5 Å². The monoisotopic (exact) mass is 812 g/mol. The zero-order chi connectivity index (χ0) is 43.6. The molecule has 0 saturated carbocycles. The number of nitrogens with two attached hydrogens (primary N) is 3. The molecule has 0 aromatic carbocycles. The number of likely N-dealkylation sites (tertiary alicyclic amines) is 1. The van der Waals surface area contributed by atoms with Crippen LogP contribution in [-0.4, -0.2) is 149 Å². The summed E-state index contributed by atoms with van der Waals surface area (Å²) in [6.07, 6.45) is 0.0862. The number of aliphatic hydroxyl groups excluding tert-OH is 1. The van der Waals surface area contributed by atoms with E-state index >= 15 is 0 Å². The lowest BCUT2D eigenvalue weighted by atomic mass is 10.0. The molecule has 0 unspecified atom stereocenters. The molecule has 23 heteroatoms. The number of aliphatic hydroxyl groups is 1. The van der Waals surface area contributed by atoms with E-state index in [1.54, 1.807) is 27.7 Å². The second-order valence-corrected chi connectivity index (χ2v) is 14.3. The predicted molar refractivity (Wildman–Crippen MR) is 204 cm³/mol. The minimum atomic E-state index is -1.50. The lowest BCUT2D eigenvalue weighted by Gasteiger charge is -2.29. The molecule has 1 rings (SSSR count). The van der Waals surface area contributed by atoms with Crippen molar-refractivity contribution in [2.24, 2.45) is 34.0 Å². The van der Waals surface area contributed by atoms with Gasteiger partial charge in [-0.3, -0.25) is 43.3 Å². The number of nitrogens with zero attached hydrogens (tertiary/aromatic N) is 2. The van der Waals surface area contributed by atoms with Gasteiger partial charge in [-0.25, -0.2) is 4.79 Å². The molecule has 7 atom stereocenters. The molecule has 23 nitrogen and oxygen atoms in total. The second kappa shape index (κ2) is 24.1. The van der Waals surface area contributed by atoms with Crippen LogP contribution in [0.1, 0.15) is 67.2 Å². The van der Waals surface area contributed by atoms with E-state index in [0.717, 1.165) is 0 Å². The van der Waals surface area contributed by atoms with Crippen molar-refractivity contribution >= 4 is 59.2 Å². The highest BCUT2D eigenvalue weighted by Crippen LogP contribution is 2.19. The SMILES string of the molecule is CC(C)[C@H](NC(=O)[C@H](C)NC(=O)CNC(=O)[C@@H](NC(=O)CNC(=O)CNC(=O)[C@@H](NC(=O)[C@@H]1CCCN1C(=O)[C@@H](N)CCCN=C(N)N)[C@@H](C)O)C(C)C)C(=O)O. The van der Waals surface area contributed by atoms with Crippen molar-refractivity contribution in [2.45, 2.75) is 110 Å². The third kappa shape index (κ3) is 17.4. The quantitative estimate of drug-likeness (QED) is 0.0260. The zero-order valence-electron chi connectivity index (χ0n) is 33.3. The summed E-state index contributed by atoms with van der Waals surface area (Å²) in [5, 5.41) is 36.0. The van der Waals surface area contributed by atoms with Crippen LogP contribution in [0, 0.1) is 11.8 Å². The number of hydrogen-bond donors (Lipinski definition) is 12. The number of aliphatic carboxylic acids is 1. The Hall–Kier alpha value is -5.58. The Bertz CT molecular complexity index is 1490. The van der Waals surface area contributed by atoms with E-state index in [2.05, 4.69) is 42.2 Å². The molecular weight excluding hydrogens is 752 g/mol. The minimum Gasteiger partial charge on any atom is -0.480 e. The number of carbonyl (C=O) groups is 9. The van der Waals surface area contributed by atoms with E-state index in [4.69, 9.17) is 17.2 Å². The summed E-state index contributed by atoms with van der Waals surface area (Å²) in [4.78, 5) is 118. The molecule has 1 heterocycles. The van der Waals surface area contributed by atoms with Crippen molar-refractivity contribution in [3.63, 3.8) is 0 Å². The first-order chi connectivity index (χ1) is 26.6. The summed E-state index contributed by atoms with van der Waals surface area (Å²) >= 11 is 0. The number of hydrogen-bond acceptors (Lipinski definition) is 12. The van der Waals surface area contributed by atoms with E-state index in [1.165, 1.54) is 18.7 Å². The van der Waals surface area contributed by atoms with Crippen LogP contribution in [0.3, 0.4) is 0 Å². The Balaban J connectivity index is 2.62. The van der Waals surface area contributed by atoms with Gasteiger partial charge in [-0.2, -0.15) is 0 Å². The first-order valence-corrected chi connectivity index (χ1v) is 18.6. The van der Waals surface area contributed by atoms with Crippen LogP contribution in [0.5, 0.6) is 0 Å². The number of carboxylic acids is 1. The van der Waals surface area contributed by atoms with Crippen LogP contribution in [0.25, 0.3) is 0 Å². The Kier molecular flexibility index (Phi) is 20.9. The molecule has 0 radical (unpaired) electrons. The van der Waals surface area contributed by atoms with Gasteiger partial charge in [0.2, 0.25) is 47.3 Å². The standard InChI is InChI=1S/C34H60N12O11/c1-16(2)25(30(53)41-15-23(49)42-18(5)28(51)44-26(17(3)4)33(56)57)43-24(50)14-39-22(48)13-40-31(54)27(19(6)47)45-29(52)21-10-8-12-46(21)32(55)20(35)9-7-11-38-34(36)37/h16-21,25-27,47H,7-15,35H2,1-6H3,(H,39,48)(H,40,54)(H,41,53)(H,42,49)(H,43,50)(H,44,51)(H,45,52)(H,56,57)(H4,36,37,38)/t18-,19+,20-,21-,25-,26-,27-/m0/s1. The second-order valence-electron chi connectivity index (χ2n) is 14.3. The minimum absolute atomic E-state index is 0.0896. The topological polar surface area (TPSA) is 372 Å². The lowest BCUT2D eigenvalue weighted by molar-refractivity contribution is -0.143. The largest absolute Gasteiger partial charge is 0.480 e. The molecule has 1 aliphatic heterocycles. The predicted octanol–water partition coefficient (Wildman–Crippen LogP) is -5.56. The summed E-state index contributed by atoms with van der Waals surface area (Å²) in [5.74, 6) is -8.13. The number of guanidine groups is 1. The number of rotatable bonds is 23. The molecule has 322 valence electrons. The first kappa shape index (κ1) is 49.4. The molecule has 1 fully saturated rings. The summed E-state index contributed by atoms with van der Waals surface area (Å²) in [5.41, 5.74) is 16.6. The summed E-state index contributed by atoms with van der Waals surface area (Å²) < 4.78 is 0. The van der Waals surface area contributed by atoms with Crippen LogP contribution in [0.4, 0.5) is 0 Å². The highest BCUT2D eigenvalue weighted by Gasteiger charge is 2.38. The maximum atomic E-state index is 13.2. The highest BCUT2D eigenvalue weighted by molar-refractivity contribution is 5.96. The summed E-state index contributed by atoms with van der Waals surface area (Å²) in [6, 6.07) is -6.79. The number of amides is 8. The first-order valence-electron chi connectivity index (χ1n) is 18.6. The maximum Gasteiger partial charge on any atom is 0.326 e. The summed E-state index contributed by atoms with van der Waals surface area (Å²) in [7, 11) is 0. The van der Waals surface area contributed by atoms with Crippen molar-refractivity contribution in [1.82, 2.24) is 42.1 Å².